The van der Waals surface area contributed by atoms with Gasteiger partial charge >= 0.3 is 0 Å². The summed E-state index contributed by atoms with van der Waals surface area (Å²) in [5, 5.41) is 1.13. The first-order valence-corrected chi connectivity index (χ1v) is 11.2. The second-order valence-corrected chi connectivity index (χ2v) is 8.63. The van der Waals surface area contributed by atoms with Crippen LogP contribution < -0.4 is 14.4 Å². The number of hydrogen-bond donors (Lipinski definition) is 0. The van der Waals surface area contributed by atoms with Gasteiger partial charge in [0.2, 0.25) is 5.91 Å². The molecule has 164 valence electrons. The van der Waals surface area contributed by atoms with E-state index in [-0.39, 0.29) is 12.3 Å². The van der Waals surface area contributed by atoms with Gasteiger partial charge in [0.1, 0.15) is 17.0 Å². The van der Waals surface area contributed by atoms with Crippen molar-refractivity contribution >= 4 is 44.2 Å². The van der Waals surface area contributed by atoms with Crippen molar-refractivity contribution in [1.29, 1.82) is 0 Å². The smallest absolute Gasteiger partial charge is 0.233 e. The maximum absolute atomic E-state index is 13.5. The average Bonchev–Trinajstić information content (AvgIpc) is 3.24. The average molecular weight is 468 g/mol. The summed E-state index contributed by atoms with van der Waals surface area (Å²) in [7, 11) is 3.22. The Balaban J connectivity index is 1.72. The summed E-state index contributed by atoms with van der Waals surface area (Å²) in [6.45, 7) is 2.31. The van der Waals surface area contributed by atoms with Gasteiger partial charge in [-0.2, -0.15) is 0 Å². The van der Waals surface area contributed by atoms with Gasteiger partial charge in [0, 0.05) is 12.4 Å². The fraction of sp³-hybridized carbons (Fsp3) is 0.208. The van der Waals surface area contributed by atoms with Gasteiger partial charge in [0.25, 0.3) is 0 Å². The van der Waals surface area contributed by atoms with Gasteiger partial charge in [-0.25, -0.2) is 4.98 Å². The van der Waals surface area contributed by atoms with Gasteiger partial charge in [0.15, 0.2) is 5.13 Å². The molecule has 4 rings (SSSR count). The molecule has 2 heterocycles. The monoisotopic (exact) mass is 467 g/mol. The second-order valence-electron chi connectivity index (χ2n) is 7.25. The third kappa shape index (κ3) is 4.54. The third-order valence-corrected chi connectivity index (χ3v) is 6.62. The topological polar surface area (TPSA) is 64.5 Å². The maximum Gasteiger partial charge on any atom is 0.233 e. The summed E-state index contributed by atoms with van der Waals surface area (Å²) >= 11 is 7.78. The fourth-order valence-corrected chi connectivity index (χ4v) is 4.75. The van der Waals surface area contributed by atoms with Crippen molar-refractivity contribution in [3.8, 4) is 11.5 Å². The SMILES string of the molecule is COc1ccc(CC(=O)N(Cc2cccnc2)c2nc3c(OC)ccc(Cl)c3s2)cc1C. The zero-order valence-electron chi connectivity index (χ0n) is 18.0. The highest BCUT2D eigenvalue weighted by Gasteiger charge is 2.23. The molecule has 0 fully saturated rings. The number of ether oxygens (including phenoxy) is 2. The van der Waals surface area contributed by atoms with E-state index in [0.29, 0.717) is 28.0 Å². The Bertz CT molecular complexity index is 1260. The normalized spacial score (nSPS) is 10.9. The highest BCUT2D eigenvalue weighted by molar-refractivity contribution is 7.23. The number of pyridine rings is 1. The minimum Gasteiger partial charge on any atom is -0.496 e. The van der Waals surface area contributed by atoms with E-state index in [1.807, 2.05) is 37.3 Å². The molecule has 8 heteroatoms. The first kappa shape index (κ1) is 22.0. The van der Waals surface area contributed by atoms with Gasteiger partial charge < -0.3 is 9.47 Å². The molecule has 0 saturated heterocycles. The lowest BCUT2D eigenvalue weighted by Crippen LogP contribution is -2.31. The largest absolute Gasteiger partial charge is 0.496 e. The van der Waals surface area contributed by atoms with E-state index in [9.17, 15) is 4.79 Å². The minimum absolute atomic E-state index is 0.0763. The number of benzene rings is 2. The number of hydrogen-bond acceptors (Lipinski definition) is 6. The molecule has 0 atom stereocenters. The Morgan fingerprint density at radius 2 is 1.88 bits per heavy atom. The van der Waals surface area contributed by atoms with E-state index in [1.54, 1.807) is 43.6 Å². The van der Waals surface area contributed by atoms with E-state index in [4.69, 9.17) is 26.1 Å². The standard InChI is InChI=1S/C24H22ClN3O3S/c1-15-11-16(6-8-19(15)30-2)12-21(29)28(14-17-5-4-10-26-13-17)24-27-22-20(31-3)9-7-18(25)23(22)32-24/h4-11,13H,12,14H2,1-3H3. The predicted octanol–water partition coefficient (Wildman–Crippen LogP) is 5.45. The third-order valence-electron chi connectivity index (χ3n) is 5.08. The summed E-state index contributed by atoms with van der Waals surface area (Å²) in [5.74, 6) is 1.33. The molecule has 1 amide bonds. The van der Waals surface area contributed by atoms with Crippen LogP contribution in [0.4, 0.5) is 5.13 Å². The first-order chi connectivity index (χ1) is 15.5. The molecule has 0 radical (unpaired) electrons. The fourth-order valence-electron chi connectivity index (χ4n) is 3.48. The van der Waals surface area contributed by atoms with Crippen molar-refractivity contribution in [1.82, 2.24) is 9.97 Å². The summed E-state index contributed by atoms with van der Waals surface area (Å²) in [6.07, 6.45) is 3.68. The number of carbonyl (C=O) groups excluding carboxylic acids is 1. The number of carbonyl (C=O) groups is 1. The molecule has 2 aromatic carbocycles. The molecule has 0 saturated carbocycles. The van der Waals surface area contributed by atoms with E-state index in [2.05, 4.69) is 4.98 Å². The number of nitrogens with zero attached hydrogens (tertiary/aromatic N) is 3. The van der Waals surface area contributed by atoms with E-state index in [0.717, 1.165) is 27.1 Å². The van der Waals surface area contributed by atoms with Crippen LogP contribution in [-0.4, -0.2) is 30.1 Å². The highest BCUT2D eigenvalue weighted by Crippen LogP contribution is 2.39. The maximum atomic E-state index is 13.5. The van der Waals surface area contributed by atoms with Crippen LogP contribution in [0, 0.1) is 6.92 Å². The van der Waals surface area contributed by atoms with E-state index < -0.39 is 0 Å². The number of fused-ring (bicyclic) bond motifs is 1. The van der Waals surface area contributed by atoms with Crippen LogP contribution >= 0.6 is 22.9 Å². The van der Waals surface area contributed by atoms with Crippen LogP contribution in [0.15, 0.2) is 54.9 Å². The lowest BCUT2D eigenvalue weighted by Gasteiger charge is -2.20. The molecule has 6 nitrogen and oxygen atoms in total. The van der Waals surface area contributed by atoms with Crippen molar-refractivity contribution in [3.63, 3.8) is 0 Å². The van der Waals surface area contributed by atoms with Crippen LogP contribution in [0.1, 0.15) is 16.7 Å². The van der Waals surface area contributed by atoms with Crippen molar-refractivity contribution in [3.05, 3.63) is 76.6 Å². The van der Waals surface area contributed by atoms with Crippen LogP contribution in [0.3, 0.4) is 0 Å². The predicted molar refractivity (Wildman–Crippen MR) is 128 cm³/mol. The van der Waals surface area contributed by atoms with Gasteiger partial charge in [0.05, 0.1) is 36.9 Å². The zero-order chi connectivity index (χ0) is 22.7. The number of aryl methyl sites for hydroxylation is 1. The summed E-state index contributed by atoms with van der Waals surface area (Å²) in [6, 6.07) is 13.1. The van der Waals surface area contributed by atoms with Crippen molar-refractivity contribution in [2.45, 2.75) is 19.9 Å². The summed E-state index contributed by atoms with van der Waals surface area (Å²) in [5.41, 5.74) is 3.43. The highest BCUT2D eigenvalue weighted by atomic mass is 35.5. The number of thiazole rings is 1. The van der Waals surface area contributed by atoms with Gasteiger partial charge in [-0.15, -0.1) is 0 Å². The second kappa shape index (κ2) is 9.54. The molecule has 0 N–H and O–H groups in total. The number of aromatic nitrogens is 2. The van der Waals surface area contributed by atoms with Gasteiger partial charge in [-0.1, -0.05) is 41.1 Å². The Morgan fingerprint density at radius 1 is 1.09 bits per heavy atom. The molecular formula is C24H22ClN3O3S. The van der Waals surface area contributed by atoms with Crippen LogP contribution in [-0.2, 0) is 17.8 Å². The number of amides is 1. The van der Waals surface area contributed by atoms with Gasteiger partial charge in [-0.05, 0) is 47.9 Å². The molecule has 0 unspecified atom stereocenters. The van der Waals surface area contributed by atoms with Crippen LogP contribution in [0.5, 0.6) is 11.5 Å². The molecule has 4 aromatic rings. The number of rotatable bonds is 7. The molecular weight excluding hydrogens is 446 g/mol. The lowest BCUT2D eigenvalue weighted by molar-refractivity contribution is -0.118. The van der Waals surface area contributed by atoms with Crippen LogP contribution in [0.25, 0.3) is 10.2 Å². The Labute approximate surface area is 195 Å². The minimum atomic E-state index is -0.0763. The first-order valence-electron chi connectivity index (χ1n) is 9.96. The molecule has 0 spiro atoms. The number of methoxy groups -OCH3 is 2. The lowest BCUT2D eigenvalue weighted by atomic mass is 10.1. The molecule has 0 bridgehead atoms. The van der Waals surface area contributed by atoms with Gasteiger partial charge in [-0.3, -0.25) is 14.7 Å². The Morgan fingerprint density at radius 3 is 2.56 bits per heavy atom. The van der Waals surface area contributed by atoms with E-state index >= 15 is 0 Å². The Kier molecular flexibility index (Phi) is 6.58. The molecule has 0 aliphatic rings. The molecule has 32 heavy (non-hydrogen) atoms. The van der Waals surface area contributed by atoms with Crippen molar-refractivity contribution < 1.29 is 14.3 Å². The van der Waals surface area contributed by atoms with Crippen LogP contribution in [0.2, 0.25) is 5.02 Å². The zero-order valence-corrected chi connectivity index (χ0v) is 19.5. The molecule has 0 aliphatic heterocycles. The summed E-state index contributed by atoms with van der Waals surface area (Å²) < 4.78 is 11.6. The van der Waals surface area contributed by atoms with Crippen molar-refractivity contribution in [2.75, 3.05) is 19.1 Å². The molecule has 2 aromatic heterocycles. The number of halogens is 1. The molecule has 0 aliphatic carbocycles. The van der Waals surface area contributed by atoms with Crippen molar-refractivity contribution in [2.24, 2.45) is 0 Å². The number of anilines is 1. The van der Waals surface area contributed by atoms with E-state index in [1.165, 1.54) is 11.3 Å². The summed E-state index contributed by atoms with van der Waals surface area (Å²) in [4.78, 5) is 24.1. The Hall–Kier alpha value is -3.16. The quantitative estimate of drug-likeness (QED) is 0.362.